The van der Waals surface area contributed by atoms with Crippen molar-refractivity contribution in [3.8, 4) is 11.5 Å². The molecule has 0 spiro atoms. The van der Waals surface area contributed by atoms with E-state index < -0.39 is 5.91 Å². The number of nitrogens with one attached hydrogen (secondary N) is 2. The van der Waals surface area contributed by atoms with Crippen molar-refractivity contribution in [3.63, 3.8) is 0 Å². The molecule has 176 valence electrons. The number of carbonyl (C=O) groups is 2. The van der Waals surface area contributed by atoms with Gasteiger partial charge in [0, 0.05) is 33.8 Å². The molecule has 0 aliphatic carbocycles. The van der Waals surface area contributed by atoms with Gasteiger partial charge in [0.15, 0.2) is 11.5 Å². The fourth-order valence-corrected chi connectivity index (χ4v) is 4.16. The lowest BCUT2D eigenvalue weighted by Gasteiger charge is -2.14. The second kappa shape index (κ2) is 12.0. The fraction of sp³-hybridized carbons (Fsp3) is 0.125. The molecule has 0 unspecified atom stereocenters. The minimum atomic E-state index is -0.412. The van der Waals surface area contributed by atoms with Crippen molar-refractivity contribution in [1.82, 2.24) is 5.43 Å². The van der Waals surface area contributed by atoms with Gasteiger partial charge in [0.25, 0.3) is 5.91 Å². The van der Waals surface area contributed by atoms with E-state index in [1.54, 1.807) is 48.5 Å². The molecule has 10 heteroatoms. The number of nitrogens with zero attached hydrogens (tertiary/aromatic N) is 1. The van der Waals surface area contributed by atoms with Crippen LogP contribution in [0.3, 0.4) is 0 Å². The largest absolute Gasteiger partial charge is 0.493 e. The highest BCUT2D eigenvalue weighted by molar-refractivity contribution is 14.1. The number of ether oxygens (including phenoxy) is 2. The predicted molar refractivity (Wildman–Crippen MR) is 142 cm³/mol. The van der Waals surface area contributed by atoms with E-state index in [9.17, 15) is 9.59 Å². The lowest BCUT2D eigenvalue weighted by Crippen LogP contribution is -2.18. The zero-order valence-electron chi connectivity index (χ0n) is 18.2. The first-order valence-corrected chi connectivity index (χ1v) is 11.8. The van der Waals surface area contributed by atoms with Crippen LogP contribution < -0.4 is 20.2 Å². The van der Waals surface area contributed by atoms with Crippen LogP contribution in [0.2, 0.25) is 10.0 Å². The van der Waals surface area contributed by atoms with Crippen LogP contribution in [-0.2, 0) is 11.4 Å². The summed E-state index contributed by atoms with van der Waals surface area (Å²) in [6.45, 7) is 1.64. The van der Waals surface area contributed by atoms with E-state index in [2.05, 4.69) is 38.4 Å². The maximum atomic E-state index is 12.4. The average Bonchev–Trinajstić information content (AvgIpc) is 2.78. The molecule has 0 radical (unpaired) electrons. The molecule has 0 bridgehead atoms. The first-order chi connectivity index (χ1) is 16.3. The normalized spacial score (nSPS) is 10.7. The van der Waals surface area contributed by atoms with E-state index in [0.29, 0.717) is 38.4 Å². The van der Waals surface area contributed by atoms with Gasteiger partial charge in [0.2, 0.25) is 5.91 Å². The molecule has 2 amide bonds. The zero-order valence-corrected chi connectivity index (χ0v) is 21.9. The Hall–Kier alpha value is -2.82. The van der Waals surface area contributed by atoms with Crippen molar-refractivity contribution >= 4 is 69.5 Å². The van der Waals surface area contributed by atoms with Gasteiger partial charge >= 0.3 is 0 Å². The zero-order chi connectivity index (χ0) is 24.7. The molecule has 3 aromatic rings. The lowest BCUT2D eigenvalue weighted by atomic mass is 10.2. The molecule has 0 saturated carbocycles. The maximum absolute atomic E-state index is 12.4. The lowest BCUT2D eigenvalue weighted by molar-refractivity contribution is -0.114. The van der Waals surface area contributed by atoms with Gasteiger partial charge in [0.1, 0.15) is 6.61 Å². The van der Waals surface area contributed by atoms with E-state index in [1.807, 2.05) is 6.07 Å². The third-order valence-electron chi connectivity index (χ3n) is 4.46. The fourth-order valence-electron chi connectivity index (χ4n) is 2.91. The first kappa shape index (κ1) is 25.8. The van der Waals surface area contributed by atoms with Crippen molar-refractivity contribution < 1.29 is 19.1 Å². The molecule has 0 aliphatic heterocycles. The Kier molecular flexibility index (Phi) is 9.14. The molecule has 0 fully saturated rings. The summed E-state index contributed by atoms with van der Waals surface area (Å²) >= 11 is 14.3. The first-order valence-electron chi connectivity index (χ1n) is 9.92. The van der Waals surface area contributed by atoms with Crippen LogP contribution in [0.15, 0.2) is 59.7 Å². The van der Waals surface area contributed by atoms with Crippen molar-refractivity contribution in [3.05, 3.63) is 84.9 Å². The Morgan fingerprint density at radius 1 is 1.12 bits per heavy atom. The number of anilines is 1. The molecule has 2 N–H and O–H groups in total. The number of carbonyl (C=O) groups excluding carboxylic acids is 2. The highest BCUT2D eigenvalue weighted by Gasteiger charge is 2.13. The van der Waals surface area contributed by atoms with Gasteiger partial charge in [-0.05, 0) is 70.6 Å². The van der Waals surface area contributed by atoms with Crippen molar-refractivity contribution in [1.29, 1.82) is 0 Å². The van der Waals surface area contributed by atoms with Crippen molar-refractivity contribution in [2.75, 3.05) is 12.4 Å². The Balaban J connectivity index is 1.69. The maximum Gasteiger partial charge on any atom is 0.271 e. The van der Waals surface area contributed by atoms with Crippen molar-refractivity contribution in [2.24, 2.45) is 5.10 Å². The second-order valence-corrected chi connectivity index (χ2v) is 9.03. The van der Waals surface area contributed by atoms with Crippen LogP contribution in [0.4, 0.5) is 5.69 Å². The number of hydrogen-bond acceptors (Lipinski definition) is 5. The molecule has 3 aromatic carbocycles. The summed E-state index contributed by atoms with van der Waals surface area (Å²) in [5.41, 5.74) is 4.85. The van der Waals surface area contributed by atoms with Crippen LogP contribution >= 0.6 is 45.8 Å². The smallest absolute Gasteiger partial charge is 0.271 e. The molecule has 3 rings (SSSR count). The Labute approximate surface area is 220 Å². The number of rotatable bonds is 8. The molecule has 34 heavy (non-hydrogen) atoms. The molecular formula is C24H20Cl2IN3O4. The molecular weight excluding hydrogens is 592 g/mol. The minimum Gasteiger partial charge on any atom is -0.493 e. The van der Waals surface area contributed by atoms with Gasteiger partial charge in [0.05, 0.1) is 16.9 Å². The highest BCUT2D eigenvalue weighted by Crippen LogP contribution is 2.35. The quantitative estimate of drug-likeness (QED) is 0.188. The number of benzene rings is 3. The molecule has 7 nitrogen and oxygen atoms in total. The molecule has 0 heterocycles. The highest BCUT2D eigenvalue weighted by atomic mass is 127. The van der Waals surface area contributed by atoms with E-state index in [-0.39, 0.29) is 12.5 Å². The topological polar surface area (TPSA) is 89.0 Å². The van der Waals surface area contributed by atoms with E-state index in [1.165, 1.54) is 20.2 Å². The summed E-state index contributed by atoms with van der Waals surface area (Å²) in [5.74, 6) is 0.436. The van der Waals surface area contributed by atoms with E-state index in [0.717, 1.165) is 9.13 Å². The second-order valence-electron chi connectivity index (χ2n) is 7.02. The van der Waals surface area contributed by atoms with Crippen LogP contribution in [0, 0.1) is 3.57 Å². The molecule has 0 saturated heterocycles. The van der Waals surface area contributed by atoms with Crippen LogP contribution in [0.5, 0.6) is 11.5 Å². The Morgan fingerprint density at radius 2 is 1.91 bits per heavy atom. The third kappa shape index (κ3) is 7.09. The summed E-state index contributed by atoms with van der Waals surface area (Å²) in [7, 11) is 1.54. The molecule has 0 atom stereocenters. The molecule has 0 aliphatic rings. The Bertz CT molecular complexity index is 1250. The van der Waals surface area contributed by atoms with E-state index >= 15 is 0 Å². The standard InChI is InChI=1S/C24H20Cl2IN3O4/c1-14(31)29-19-5-3-4-16(10-19)24(32)30-28-12-15-8-21(27)23(22(9-15)33-2)34-13-17-6-7-18(25)11-20(17)26/h3-12H,13H2,1-2H3,(H,29,31)(H,30,32)/b28-12-. The summed E-state index contributed by atoms with van der Waals surface area (Å²) in [5, 5.41) is 7.73. The summed E-state index contributed by atoms with van der Waals surface area (Å²) in [6.07, 6.45) is 1.50. The third-order valence-corrected chi connectivity index (χ3v) is 5.85. The number of hydrazone groups is 1. The number of amides is 2. The number of hydrogen-bond donors (Lipinski definition) is 2. The summed E-state index contributed by atoms with van der Waals surface area (Å²) < 4.78 is 12.2. The van der Waals surface area contributed by atoms with Crippen molar-refractivity contribution in [2.45, 2.75) is 13.5 Å². The van der Waals surface area contributed by atoms with Gasteiger partial charge in [-0.15, -0.1) is 0 Å². The molecule has 0 aromatic heterocycles. The van der Waals surface area contributed by atoms with Crippen LogP contribution in [0.25, 0.3) is 0 Å². The Morgan fingerprint density at radius 3 is 2.62 bits per heavy atom. The number of halogens is 3. The van der Waals surface area contributed by atoms with Crippen LogP contribution in [-0.4, -0.2) is 25.1 Å². The minimum absolute atomic E-state index is 0.220. The van der Waals surface area contributed by atoms with Gasteiger partial charge in [-0.3, -0.25) is 9.59 Å². The van der Waals surface area contributed by atoms with Gasteiger partial charge in [-0.1, -0.05) is 35.3 Å². The average molecular weight is 612 g/mol. The SMILES string of the molecule is COc1cc(/C=N\NC(=O)c2cccc(NC(C)=O)c2)cc(I)c1OCc1ccc(Cl)cc1Cl. The predicted octanol–water partition coefficient (Wildman–Crippen LogP) is 5.91. The van der Waals surface area contributed by atoms with Gasteiger partial charge < -0.3 is 14.8 Å². The number of methoxy groups -OCH3 is 1. The van der Waals surface area contributed by atoms with Gasteiger partial charge in [-0.25, -0.2) is 5.43 Å². The van der Waals surface area contributed by atoms with E-state index in [4.69, 9.17) is 32.7 Å². The van der Waals surface area contributed by atoms with Crippen LogP contribution in [0.1, 0.15) is 28.4 Å². The summed E-state index contributed by atoms with van der Waals surface area (Å²) in [6, 6.07) is 15.4. The van der Waals surface area contributed by atoms with Gasteiger partial charge in [-0.2, -0.15) is 5.10 Å². The monoisotopic (exact) mass is 611 g/mol. The summed E-state index contributed by atoms with van der Waals surface area (Å²) in [4.78, 5) is 23.6.